The topological polar surface area (TPSA) is 75.3 Å². The van der Waals surface area contributed by atoms with Gasteiger partial charge >= 0.3 is 0 Å². The molecule has 5 atom stereocenters. The largest absolute Gasteiger partial charge is 0.349 e. The lowest BCUT2D eigenvalue weighted by atomic mass is 9.99. The quantitative estimate of drug-likeness (QED) is 0.697. The number of sulfonamides is 1. The van der Waals surface area contributed by atoms with Crippen LogP contribution in [0.1, 0.15) is 36.5 Å². The van der Waals surface area contributed by atoms with Crippen LogP contribution in [0.2, 0.25) is 5.02 Å². The van der Waals surface area contributed by atoms with Gasteiger partial charge in [-0.25, -0.2) is 13.1 Å². The molecular formula is C22H25ClN2O3S. The molecule has 0 heterocycles. The summed E-state index contributed by atoms with van der Waals surface area (Å²) in [4.78, 5) is 12.8. The lowest BCUT2D eigenvalue weighted by Crippen LogP contribution is -2.39. The summed E-state index contributed by atoms with van der Waals surface area (Å²) in [6.07, 6.45) is 2.51. The third kappa shape index (κ3) is 4.34. The van der Waals surface area contributed by atoms with Gasteiger partial charge in [-0.05, 0) is 73.4 Å². The van der Waals surface area contributed by atoms with Gasteiger partial charge in [-0.15, -0.1) is 0 Å². The fraction of sp³-hybridized carbons (Fsp3) is 0.409. The predicted molar refractivity (Wildman–Crippen MR) is 113 cm³/mol. The highest BCUT2D eigenvalue weighted by Gasteiger charge is 2.59. The van der Waals surface area contributed by atoms with E-state index in [0.29, 0.717) is 33.2 Å². The number of carbonyl (C=O) groups is 1. The van der Waals surface area contributed by atoms with Crippen molar-refractivity contribution in [2.45, 2.75) is 43.2 Å². The number of halogens is 1. The predicted octanol–water partition coefficient (Wildman–Crippen LogP) is 3.85. The molecular weight excluding hydrogens is 408 g/mol. The highest BCUT2D eigenvalue weighted by Crippen LogP contribution is 2.59. The minimum Gasteiger partial charge on any atom is -0.349 e. The maximum absolute atomic E-state index is 12.5. The second kappa shape index (κ2) is 8.09. The van der Waals surface area contributed by atoms with Crippen LogP contribution in [-0.4, -0.2) is 26.4 Å². The number of fused-ring (bicyclic) bond motifs is 1. The Kier molecular flexibility index (Phi) is 5.69. The van der Waals surface area contributed by atoms with E-state index in [2.05, 4.69) is 17.0 Å². The fourth-order valence-electron chi connectivity index (χ4n) is 4.80. The van der Waals surface area contributed by atoms with E-state index in [1.165, 1.54) is 0 Å². The van der Waals surface area contributed by atoms with Crippen LogP contribution in [0.4, 0.5) is 0 Å². The van der Waals surface area contributed by atoms with E-state index in [0.717, 1.165) is 19.3 Å². The van der Waals surface area contributed by atoms with Gasteiger partial charge in [0, 0.05) is 22.7 Å². The first-order valence-electron chi connectivity index (χ1n) is 10.0. The number of nitrogens with one attached hydrogen (secondary N) is 2. The summed E-state index contributed by atoms with van der Waals surface area (Å²) < 4.78 is 27.9. The molecule has 3 unspecified atom stereocenters. The molecule has 2 saturated carbocycles. The van der Waals surface area contributed by atoms with Crippen molar-refractivity contribution in [3.8, 4) is 0 Å². The molecule has 0 aromatic heterocycles. The first kappa shape index (κ1) is 20.4. The Labute approximate surface area is 176 Å². The van der Waals surface area contributed by atoms with Crippen LogP contribution < -0.4 is 10.0 Å². The van der Waals surface area contributed by atoms with Crippen LogP contribution in [-0.2, 0) is 10.0 Å². The smallest absolute Gasteiger partial charge is 0.251 e. The zero-order valence-electron chi connectivity index (χ0n) is 16.2. The molecule has 2 aromatic rings. The average molecular weight is 433 g/mol. The monoisotopic (exact) mass is 432 g/mol. The van der Waals surface area contributed by atoms with E-state index in [9.17, 15) is 13.2 Å². The number of hydrogen-bond acceptors (Lipinski definition) is 3. The molecule has 7 heteroatoms. The lowest BCUT2D eigenvalue weighted by Gasteiger charge is -2.22. The van der Waals surface area contributed by atoms with Gasteiger partial charge in [-0.3, -0.25) is 4.79 Å². The molecule has 154 valence electrons. The highest BCUT2D eigenvalue weighted by molar-refractivity contribution is 7.89. The van der Waals surface area contributed by atoms with Crippen molar-refractivity contribution in [2.24, 2.45) is 17.8 Å². The Morgan fingerprint density at radius 3 is 2.28 bits per heavy atom. The number of carbonyl (C=O) groups excluding carboxylic acids is 1. The summed E-state index contributed by atoms with van der Waals surface area (Å²) in [5.74, 6) is 1.27. The van der Waals surface area contributed by atoms with Crippen molar-refractivity contribution in [1.82, 2.24) is 10.0 Å². The second-order valence-corrected chi connectivity index (χ2v) is 10.2. The summed E-state index contributed by atoms with van der Waals surface area (Å²) in [5, 5.41) is 3.77. The SMILES string of the molecule is CCC(NC(=O)c1ccc(Cl)cc1)C1[C@H]2CC(NS(=O)(=O)c3ccccc3)C[C@@H]12. The van der Waals surface area contributed by atoms with Crippen LogP contribution in [0.3, 0.4) is 0 Å². The minimum atomic E-state index is -3.48. The fourth-order valence-corrected chi connectivity index (χ4v) is 6.20. The molecule has 2 N–H and O–H groups in total. The standard InChI is InChI=1S/C22H25ClN2O3S/c1-2-20(24-22(26)14-8-10-15(23)11-9-14)21-18-12-16(13-19(18)21)25-29(27,28)17-6-4-3-5-7-17/h3-11,16,18-21,25H,2,12-13H2,1H3,(H,24,26)/t16?,18-,19+,20?,21?. The minimum absolute atomic E-state index is 0.0315. The zero-order chi connectivity index (χ0) is 20.6. The zero-order valence-corrected chi connectivity index (χ0v) is 17.8. The summed E-state index contributed by atoms with van der Waals surface area (Å²) in [5.41, 5.74) is 0.604. The summed E-state index contributed by atoms with van der Waals surface area (Å²) in [7, 11) is -3.48. The van der Waals surface area contributed by atoms with E-state index in [-0.39, 0.29) is 18.0 Å². The van der Waals surface area contributed by atoms with E-state index in [4.69, 9.17) is 11.6 Å². The molecule has 0 bridgehead atoms. The molecule has 0 radical (unpaired) electrons. The molecule has 2 aliphatic rings. The second-order valence-electron chi connectivity index (χ2n) is 8.00. The van der Waals surface area contributed by atoms with Crippen molar-refractivity contribution < 1.29 is 13.2 Å². The molecule has 29 heavy (non-hydrogen) atoms. The molecule has 1 amide bonds. The number of hydrogen-bond donors (Lipinski definition) is 2. The molecule has 4 rings (SSSR count). The molecule has 5 nitrogen and oxygen atoms in total. The van der Waals surface area contributed by atoms with Crippen LogP contribution in [0.25, 0.3) is 0 Å². The number of rotatable bonds is 7. The van der Waals surface area contributed by atoms with Crippen LogP contribution in [0.15, 0.2) is 59.5 Å². The first-order valence-corrected chi connectivity index (χ1v) is 11.9. The lowest BCUT2D eigenvalue weighted by molar-refractivity contribution is 0.0927. The number of benzene rings is 2. The van der Waals surface area contributed by atoms with Gasteiger partial charge in [0.15, 0.2) is 0 Å². The maximum Gasteiger partial charge on any atom is 0.251 e. The molecule has 0 spiro atoms. The Morgan fingerprint density at radius 2 is 1.69 bits per heavy atom. The van der Waals surface area contributed by atoms with E-state index in [1.807, 2.05) is 0 Å². The first-order chi connectivity index (χ1) is 13.9. The van der Waals surface area contributed by atoms with Gasteiger partial charge in [0.25, 0.3) is 5.91 Å². The van der Waals surface area contributed by atoms with E-state index in [1.54, 1.807) is 54.6 Å². The molecule has 2 fully saturated rings. The van der Waals surface area contributed by atoms with Gasteiger partial charge in [-0.2, -0.15) is 0 Å². The summed E-state index contributed by atoms with van der Waals surface area (Å²) in [6.45, 7) is 2.08. The third-order valence-corrected chi connectivity index (χ3v) is 8.00. The maximum atomic E-state index is 12.5. The molecule has 2 aromatic carbocycles. The van der Waals surface area contributed by atoms with E-state index >= 15 is 0 Å². The number of amides is 1. The third-order valence-electron chi connectivity index (χ3n) is 6.21. The van der Waals surface area contributed by atoms with Crippen molar-refractivity contribution in [3.63, 3.8) is 0 Å². The van der Waals surface area contributed by atoms with Crippen LogP contribution in [0, 0.1) is 17.8 Å². The van der Waals surface area contributed by atoms with E-state index < -0.39 is 10.0 Å². The van der Waals surface area contributed by atoms with Crippen molar-refractivity contribution >= 4 is 27.5 Å². The van der Waals surface area contributed by atoms with Crippen molar-refractivity contribution in [3.05, 3.63) is 65.2 Å². The molecule has 0 aliphatic heterocycles. The summed E-state index contributed by atoms with van der Waals surface area (Å²) >= 11 is 5.89. The van der Waals surface area contributed by atoms with Gasteiger partial charge in [0.2, 0.25) is 10.0 Å². The van der Waals surface area contributed by atoms with Crippen molar-refractivity contribution in [1.29, 1.82) is 0 Å². The van der Waals surface area contributed by atoms with Gasteiger partial charge in [0.1, 0.15) is 0 Å². The van der Waals surface area contributed by atoms with Crippen LogP contribution >= 0.6 is 11.6 Å². The molecule has 2 aliphatic carbocycles. The Bertz CT molecular complexity index is 967. The van der Waals surface area contributed by atoms with Gasteiger partial charge < -0.3 is 5.32 Å². The normalized spacial score (nSPS) is 26.6. The van der Waals surface area contributed by atoms with Gasteiger partial charge in [0.05, 0.1) is 4.90 Å². The van der Waals surface area contributed by atoms with Crippen LogP contribution in [0.5, 0.6) is 0 Å². The molecule has 0 saturated heterocycles. The Morgan fingerprint density at radius 1 is 1.07 bits per heavy atom. The van der Waals surface area contributed by atoms with Crippen molar-refractivity contribution in [2.75, 3.05) is 0 Å². The average Bonchev–Trinajstić information content (AvgIpc) is 3.21. The summed E-state index contributed by atoms with van der Waals surface area (Å²) in [6, 6.07) is 15.4. The van der Waals surface area contributed by atoms with Gasteiger partial charge in [-0.1, -0.05) is 36.7 Å². The Hall–Kier alpha value is -1.89. The Balaban J connectivity index is 1.33. The highest BCUT2D eigenvalue weighted by atomic mass is 35.5.